The zero-order valence-corrected chi connectivity index (χ0v) is 12.6. The maximum absolute atomic E-state index is 12.7. The third-order valence-electron chi connectivity index (χ3n) is 3.52. The van der Waals surface area contributed by atoms with Crippen LogP contribution in [-0.2, 0) is 4.79 Å². The van der Waals surface area contributed by atoms with Crippen LogP contribution in [0.5, 0.6) is 5.75 Å². The van der Waals surface area contributed by atoms with E-state index in [1.165, 1.54) is 0 Å². The first-order valence-corrected chi connectivity index (χ1v) is 7.35. The predicted molar refractivity (Wildman–Crippen MR) is 78.9 cm³/mol. The van der Waals surface area contributed by atoms with Gasteiger partial charge in [0, 0.05) is 17.6 Å². The number of ether oxygens (including phenoxy) is 1. The second-order valence-corrected chi connectivity index (χ2v) is 5.40. The Bertz CT molecular complexity index is 546. The van der Waals surface area contributed by atoms with Crippen molar-refractivity contribution in [3.8, 4) is 5.75 Å². The summed E-state index contributed by atoms with van der Waals surface area (Å²) in [5.74, 6) is -0.643. The van der Waals surface area contributed by atoms with E-state index in [2.05, 4.69) is 0 Å². The van der Waals surface area contributed by atoms with E-state index in [0.29, 0.717) is 29.5 Å². The fraction of sp³-hybridized carbons (Fsp3) is 0.467. The molecule has 0 bridgehead atoms. The van der Waals surface area contributed by atoms with E-state index in [1.54, 1.807) is 23.1 Å². The van der Waals surface area contributed by atoms with Gasteiger partial charge in [-0.25, -0.2) is 0 Å². The number of hydrogen-bond acceptors (Lipinski definition) is 3. The lowest BCUT2D eigenvalue weighted by Gasteiger charge is -2.24. The second-order valence-electron chi connectivity index (χ2n) is 4.97. The van der Waals surface area contributed by atoms with Crippen molar-refractivity contribution in [2.24, 2.45) is 0 Å². The van der Waals surface area contributed by atoms with Gasteiger partial charge in [0.25, 0.3) is 5.91 Å². The Kier molecular flexibility index (Phi) is 5.07. The first kappa shape index (κ1) is 15.6. The number of halogens is 1. The molecule has 0 radical (unpaired) electrons. The van der Waals surface area contributed by atoms with Crippen LogP contribution in [0.4, 0.5) is 0 Å². The van der Waals surface area contributed by atoms with E-state index in [-0.39, 0.29) is 18.4 Å². The average Bonchev–Trinajstić information content (AvgIpc) is 2.86. The van der Waals surface area contributed by atoms with Gasteiger partial charge in [-0.15, -0.1) is 0 Å². The zero-order chi connectivity index (χ0) is 15.4. The molecule has 1 aromatic carbocycles. The molecule has 114 valence electrons. The summed E-state index contributed by atoms with van der Waals surface area (Å²) in [4.78, 5) is 25.2. The van der Waals surface area contributed by atoms with Gasteiger partial charge in [-0.1, -0.05) is 11.6 Å². The lowest BCUT2D eigenvalue weighted by atomic mass is 10.1. The summed E-state index contributed by atoms with van der Waals surface area (Å²) in [7, 11) is 0. The molecule has 1 N–H and O–H groups in total. The highest BCUT2D eigenvalue weighted by Gasteiger charge is 2.32. The van der Waals surface area contributed by atoms with Crippen molar-refractivity contribution in [1.82, 2.24) is 4.90 Å². The first-order valence-electron chi connectivity index (χ1n) is 6.98. The minimum Gasteiger partial charge on any atom is -0.493 e. The number of hydrogen-bond donors (Lipinski definition) is 1. The lowest BCUT2D eigenvalue weighted by Crippen LogP contribution is -2.37. The van der Waals surface area contributed by atoms with Crippen molar-refractivity contribution < 1.29 is 19.4 Å². The number of rotatable bonds is 5. The molecule has 1 heterocycles. The summed E-state index contributed by atoms with van der Waals surface area (Å²) in [6.07, 6.45) is 1.51. The van der Waals surface area contributed by atoms with Gasteiger partial charge in [-0.05, 0) is 38.0 Å². The number of likely N-dealkylation sites (tertiary alicyclic amines) is 1. The van der Waals surface area contributed by atoms with Crippen LogP contribution in [0, 0.1) is 0 Å². The van der Waals surface area contributed by atoms with Crippen molar-refractivity contribution in [2.75, 3.05) is 13.2 Å². The van der Waals surface area contributed by atoms with E-state index in [4.69, 9.17) is 21.4 Å². The quantitative estimate of drug-likeness (QED) is 0.908. The van der Waals surface area contributed by atoms with Gasteiger partial charge in [0.1, 0.15) is 5.75 Å². The fourth-order valence-corrected chi connectivity index (χ4v) is 2.78. The molecule has 2 rings (SSSR count). The second kappa shape index (κ2) is 6.80. The highest BCUT2D eigenvalue weighted by Crippen LogP contribution is 2.28. The molecular formula is C15H18ClNO4. The number of amides is 1. The molecule has 1 amide bonds. The number of benzene rings is 1. The van der Waals surface area contributed by atoms with Crippen LogP contribution in [0.3, 0.4) is 0 Å². The lowest BCUT2D eigenvalue weighted by molar-refractivity contribution is -0.137. The van der Waals surface area contributed by atoms with Crippen molar-refractivity contribution in [3.63, 3.8) is 0 Å². The highest BCUT2D eigenvalue weighted by atomic mass is 35.5. The number of carbonyl (C=O) groups is 2. The third-order valence-corrected chi connectivity index (χ3v) is 3.76. The van der Waals surface area contributed by atoms with Gasteiger partial charge in [0.15, 0.2) is 0 Å². The molecule has 1 aromatic rings. The topological polar surface area (TPSA) is 66.8 Å². The van der Waals surface area contributed by atoms with Gasteiger partial charge < -0.3 is 14.7 Å². The number of nitrogens with zero attached hydrogens (tertiary/aromatic N) is 1. The van der Waals surface area contributed by atoms with Gasteiger partial charge in [-0.3, -0.25) is 9.59 Å². The molecular weight excluding hydrogens is 294 g/mol. The first-order chi connectivity index (χ1) is 10.0. The van der Waals surface area contributed by atoms with E-state index < -0.39 is 5.97 Å². The smallest absolute Gasteiger partial charge is 0.305 e. The van der Waals surface area contributed by atoms with Crippen molar-refractivity contribution in [2.45, 2.75) is 32.2 Å². The molecule has 1 saturated heterocycles. The molecule has 1 atom stereocenters. The minimum absolute atomic E-state index is 0.0245. The number of aliphatic carboxylic acids is 1. The van der Waals surface area contributed by atoms with Crippen LogP contribution in [0.15, 0.2) is 18.2 Å². The van der Waals surface area contributed by atoms with Gasteiger partial charge >= 0.3 is 5.97 Å². The summed E-state index contributed by atoms with van der Waals surface area (Å²) < 4.78 is 5.47. The van der Waals surface area contributed by atoms with Crippen molar-refractivity contribution in [3.05, 3.63) is 28.8 Å². The van der Waals surface area contributed by atoms with Crippen LogP contribution < -0.4 is 4.74 Å². The molecule has 1 fully saturated rings. The standard InChI is InChI=1S/C15H18ClNO4/c1-2-21-13-8-10(16)5-6-12(13)15(20)17-7-3-4-11(17)9-14(18)19/h5-6,8,11H,2-4,7,9H2,1H3,(H,18,19). The van der Waals surface area contributed by atoms with Crippen LogP contribution in [0.25, 0.3) is 0 Å². The van der Waals surface area contributed by atoms with Gasteiger partial charge in [0.2, 0.25) is 0 Å². The van der Waals surface area contributed by atoms with Crippen LogP contribution in [-0.4, -0.2) is 41.1 Å². The molecule has 1 aliphatic heterocycles. The van der Waals surface area contributed by atoms with Crippen LogP contribution >= 0.6 is 11.6 Å². The maximum Gasteiger partial charge on any atom is 0.305 e. The molecule has 0 saturated carbocycles. The Morgan fingerprint density at radius 3 is 2.90 bits per heavy atom. The molecule has 0 aliphatic carbocycles. The van der Waals surface area contributed by atoms with E-state index >= 15 is 0 Å². The molecule has 0 aromatic heterocycles. The SMILES string of the molecule is CCOc1cc(Cl)ccc1C(=O)N1CCCC1CC(=O)O. The normalized spacial score (nSPS) is 17.8. The summed E-state index contributed by atoms with van der Waals surface area (Å²) >= 11 is 5.93. The molecule has 6 heteroatoms. The Hall–Kier alpha value is -1.75. The Labute approximate surface area is 128 Å². The number of carboxylic acids is 1. The summed E-state index contributed by atoms with van der Waals surface area (Å²) in [5, 5.41) is 9.44. The van der Waals surface area contributed by atoms with E-state index in [9.17, 15) is 9.59 Å². The largest absolute Gasteiger partial charge is 0.493 e. The number of carboxylic acid groups (broad SMARTS) is 1. The Balaban J connectivity index is 2.24. The van der Waals surface area contributed by atoms with E-state index in [0.717, 1.165) is 12.8 Å². The third kappa shape index (κ3) is 3.67. The fourth-order valence-electron chi connectivity index (χ4n) is 2.62. The monoisotopic (exact) mass is 311 g/mol. The van der Waals surface area contributed by atoms with Gasteiger partial charge in [0.05, 0.1) is 18.6 Å². The number of carbonyl (C=O) groups excluding carboxylic acids is 1. The molecule has 21 heavy (non-hydrogen) atoms. The summed E-state index contributed by atoms with van der Waals surface area (Å²) in [5.41, 5.74) is 0.429. The van der Waals surface area contributed by atoms with Crippen LogP contribution in [0.2, 0.25) is 5.02 Å². The molecule has 0 spiro atoms. The average molecular weight is 312 g/mol. The Morgan fingerprint density at radius 1 is 1.48 bits per heavy atom. The van der Waals surface area contributed by atoms with Gasteiger partial charge in [-0.2, -0.15) is 0 Å². The minimum atomic E-state index is -0.888. The van der Waals surface area contributed by atoms with E-state index in [1.807, 2.05) is 6.92 Å². The maximum atomic E-state index is 12.7. The summed E-state index contributed by atoms with van der Waals surface area (Å²) in [6.45, 7) is 2.84. The van der Waals surface area contributed by atoms with Crippen molar-refractivity contribution >= 4 is 23.5 Å². The predicted octanol–water partition coefficient (Wildman–Crippen LogP) is 2.82. The molecule has 1 aliphatic rings. The highest BCUT2D eigenvalue weighted by molar-refractivity contribution is 6.30. The summed E-state index contributed by atoms with van der Waals surface area (Å²) in [6, 6.07) is 4.63. The molecule has 1 unspecified atom stereocenters. The molecule has 5 nitrogen and oxygen atoms in total. The van der Waals surface area contributed by atoms with Crippen molar-refractivity contribution in [1.29, 1.82) is 0 Å². The Morgan fingerprint density at radius 2 is 2.24 bits per heavy atom. The zero-order valence-electron chi connectivity index (χ0n) is 11.8. The van der Waals surface area contributed by atoms with Crippen LogP contribution in [0.1, 0.15) is 36.5 Å².